The number of hydrogen-bond acceptors (Lipinski definition) is 3. The van der Waals surface area contributed by atoms with Gasteiger partial charge < -0.3 is 5.73 Å². The van der Waals surface area contributed by atoms with Gasteiger partial charge in [-0.05, 0) is 36.8 Å². The topological polar surface area (TPSA) is 89.3 Å². The van der Waals surface area contributed by atoms with E-state index in [1.165, 1.54) is 37.3 Å². The number of anilines is 1. The molecule has 0 aliphatic carbocycles. The molecule has 22 heavy (non-hydrogen) atoms. The Kier molecular flexibility index (Phi) is 4.39. The van der Waals surface area contributed by atoms with E-state index < -0.39 is 26.6 Å². The predicted octanol–water partition coefficient (Wildman–Crippen LogP) is 2.69. The number of nitrogens with two attached hydrogens (primary N) is 1. The molecule has 3 N–H and O–H groups in total. The number of rotatable bonds is 4. The third-order valence-corrected chi connectivity index (χ3v) is 4.79. The molecule has 2 aromatic rings. The number of carbonyl (C=O) groups is 1. The van der Waals surface area contributed by atoms with Crippen LogP contribution in [0.1, 0.15) is 15.9 Å². The minimum absolute atomic E-state index is 0.00189. The van der Waals surface area contributed by atoms with Crippen LogP contribution in [0.2, 0.25) is 5.02 Å². The average molecular weight is 343 g/mol. The van der Waals surface area contributed by atoms with Crippen molar-refractivity contribution in [3.63, 3.8) is 0 Å². The minimum Gasteiger partial charge on any atom is -0.366 e. The van der Waals surface area contributed by atoms with Crippen LogP contribution in [0.5, 0.6) is 0 Å². The number of halogens is 2. The lowest BCUT2D eigenvalue weighted by Crippen LogP contribution is -2.16. The number of aryl methyl sites for hydroxylation is 1. The van der Waals surface area contributed by atoms with Crippen molar-refractivity contribution in [2.75, 3.05) is 4.72 Å². The zero-order valence-electron chi connectivity index (χ0n) is 11.4. The Labute approximate surface area is 131 Å². The van der Waals surface area contributed by atoms with E-state index in [0.717, 1.165) is 6.07 Å². The maximum Gasteiger partial charge on any atom is 0.265 e. The van der Waals surface area contributed by atoms with Gasteiger partial charge in [0.1, 0.15) is 10.7 Å². The van der Waals surface area contributed by atoms with E-state index in [2.05, 4.69) is 4.72 Å². The lowest BCUT2D eigenvalue weighted by atomic mass is 10.2. The number of carbonyl (C=O) groups excluding carboxylic acids is 1. The smallest absolute Gasteiger partial charge is 0.265 e. The zero-order chi connectivity index (χ0) is 16.5. The summed E-state index contributed by atoms with van der Waals surface area (Å²) in [5.74, 6) is -1.59. The molecule has 2 rings (SSSR count). The molecule has 0 unspecified atom stereocenters. The molecular weight excluding hydrogens is 331 g/mol. The molecule has 0 aromatic heterocycles. The second-order valence-corrected chi connectivity index (χ2v) is 6.58. The highest BCUT2D eigenvalue weighted by Gasteiger charge is 2.22. The molecule has 0 fully saturated rings. The molecule has 2 aromatic carbocycles. The quantitative estimate of drug-likeness (QED) is 0.895. The molecule has 0 atom stereocenters. The predicted molar refractivity (Wildman–Crippen MR) is 81.9 cm³/mol. The first-order valence-corrected chi connectivity index (χ1v) is 7.96. The van der Waals surface area contributed by atoms with Gasteiger partial charge >= 0.3 is 0 Å². The summed E-state index contributed by atoms with van der Waals surface area (Å²) >= 11 is 5.85. The average Bonchev–Trinajstić information content (AvgIpc) is 2.36. The Hall–Kier alpha value is -2.12. The van der Waals surface area contributed by atoms with Gasteiger partial charge in [0.2, 0.25) is 5.91 Å². The molecule has 116 valence electrons. The van der Waals surface area contributed by atoms with Crippen molar-refractivity contribution in [3.05, 3.63) is 58.4 Å². The Bertz CT molecular complexity index is 833. The second kappa shape index (κ2) is 5.94. The number of primary amides is 1. The number of hydrogen-bond donors (Lipinski definition) is 2. The van der Waals surface area contributed by atoms with Crippen LogP contribution in [-0.2, 0) is 10.0 Å². The summed E-state index contributed by atoms with van der Waals surface area (Å²) < 4.78 is 40.6. The lowest BCUT2D eigenvalue weighted by Gasteiger charge is -2.12. The number of sulfonamides is 1. The summed E-state index contributed by atoms with van der Waals surface area (Å²) in [5.41, 5.74) is 5.54. The fourth-order valence-electron chi connectivity index (χ4n) is 1.94. The van der Waals surface area contributed by atoms with E-state index in [4.69, 9.17) is 17.3 Å². The minimum atomic E-state index is -4.12. The molecular formula is C14H12ClFN2O3S. The molecule has 0 saturated carbocycles. The van der Waals surface area contributed by atoms with Gasteiger partial charge in [-0.1, -0.05) is 23.7 Å². The third kappa shape index (κ3) is 3.20. The van der Waals surface area contributed by atoms with Crippen molar-refractivity contribution in [2.45, 2.75) is 11.8 Å². The molecule has 5 nitrogen and oxygen atoms in total. The highest BCUT2D eigenvalue weighted by molar-refractivity contribution is 7.92. The van der Waals surface area contributed by atoms with Gasteiger partial charge in [0, 0.05) is 0 Å². The Morgan fingerprint density at radius 1 is 1.27 bits per heavy atom. The van der Waals surface area contributed by atoms with Crippen molar-refractivity contribution >= 4 is 33.2 Å². The van der Waals surface area contributed by atoms with Gasteiger partial charge in [0.25, 0.3) is 10.0 Å². The van der Waals surface area contributed by atoms with Crippen LogP contribution in [0.4, 0.5) is 10.1 Å². The van der Waals surface area contributed by atoms with Crippen molar-refractivity contribution in [2.24, 2.45) is 5.73 Å². The van der Waals surface area contributed by atoms with Gasteiger partial charge in [-0.15, -0.1) is 0 Å². The summed E-state index contributed by atoms with van der Waals surface area (Å²) in [4.78, 5) is 10.6. The van der Waals surface area contributed by atoms with Crippen LogP contribution < -0.4 is 10.5 Å². The molecule has 0 radical (unpaired) electrons. The number of nitrogens with one attached hydrogen (secondary N) is 1. The fourth-order valence-corrected chi connectivity index (χ4v) is 3.57. The number of amides is 1. The third-order valence-electron chi connectivity index (χ3n) is 2.92. The van der Waals surface area contributed by atoms with E-state index in [-0.39, 0.29) is 21.8 Å². The molecule has 0 aliphatic heterocycles. The van der Waals surface area contributed by atoms with Gasteiger partial charge in [0.15, 0.2) is 0 Å². The summed E-state index contributed by atoms with van der Waals surface area (Å²) in [6.45, 7) is 1.49. The first-order valence-electron chi connectivity index (χ1n) is 6.09. The van der Waals surface area contributed by atoms with Crippen molar-refractivity contribution in [3.8, 4) is 0 Å². The maximum absolute atomic E-state index is 13.8. The van der Waals surface area contributed by atoms with Crippen LogP contribution in [0, 0.1) is 12.7 Å². The van der Waals surface area contributed by atoms with Crippen LogP contribution >= 0.6 is 11.6 Å². The number of benzene rings is 2. The van der Waals surface area contributed by atoms with E-state index in [1.54, 1.807) is 0 Å². The SMILES string of the molecule is Cc1cccc(F)c1S(=O)(=O)Nc1ccc(C(N)=O)c(Cl)c1. The molecule has 0 aliphatic rings. The van der Waals surface area contributed by atoms with Crippen LogP contribution in [0.15, 0.2) is 41.3 Å². The zero-order valence-corrected chi connectivity index (χ0v) is 13.0. The second-order valence-electron chi connectivity index (χ2n) is 4.55. The van der Waals surface area contributed by atoms with E-state index in [0.29, 0.717) is 0 Å². The van der Waals surface area contributed by atoms with Crippen molar-refractivity contribution in [1.82, 2.24) is 0 Å². The monoisotopic (exact) mass is 342 g/mol. The highest BCUT2D eigenvalue weighted by atomic mass is 35.5. The molecule has 0 saturated heterocycles. The summed E-state index contributed by atoms with van der Waals surface area (Å²) in [7, 11) is -4.12. The van der Waals surface area contributed by atoms with Crippen molar-refractivity contribution < 1.29 is 17.6 Å². The Balaban J connectivity index is 2.42. The van der Waals surface area contributed by atoms with E-state index in [9.17, 15) is 17.6 Å². The highest BCUT2D eigenvalue weighted by Crippen LogP contribution is 2.25. The van der Waals surface area contributed by atoms with Gasteiger partial charge in [-0.25, -0.2) is 12.8 Å². The van der Waals surface area contributed by atoms with Crippen molar-refractivity contribution in [1.29, 1.82) is 0 Å². The van der Waals surface area contributed by atoms with Gasteiger partial charge in [0.05, 0.1) is 16.3 Å². The molecule has 1 amide bonds. The molecule has 0 heterocycles. The maximum atomic E-state index is 13.8. The lowest BCUT2D eigenvalue weighted by molar-refractivity contribution is 0.100. The van der Waals surface area contributed by atoms with E-state index in [1.807, 2.05) is 0 Å². The molecule has 0 bridgehead atoms. The van der Waals surface area contributed by atoms with Crippen LogP contribution in [-0.4, -0.2) is 14.3 Å². The van der Waals surface area contributed by atoms with Crippen LogP contribution in [0.3, 0.4) is 0 Å². The van der Waals surface area contributed by atoms with Gasteiger partial charge in [-0.3, -0.25) is 9.52 Å². The molecule has 8 heteroatoms. The Morgan fingerprint density at radius 2 is 1.95 bits per heavy atom. The first kappa shape index (κ1) is 16.3. The largest absolute Gasteiger partial charge is 0.366 e. The van der Waals surface area contributed by atoms with Crippen LogP contribution in [0.25, 0.3) is 0 Å². The summed E-state index contributed by atoms with van der Waals surface area (Å²) in [5, 5.41) is -0.00189. The first-order chi connectivity index (χ1) is 10.2. The fraction of sp³-hybridized carbons (Fsp3) is 0.0714. The Morgan fingerprint density at radius 3 is 2.50 bits per heavy atom. The molecule has 0 spiro atoms. The van der Waals surface area contributed by atoms with E-state index >= 15 is 0 Å². The van der Waals surface area contributed by atoms with Gasteiger partial charge in [-0.2, -0.15) is 0 Å². The summed E-state index contributed by atoms with van der Waals surface area (Å²) in [6.07, 6.45) is 0. The summed E-state index contributed by atoms with van der Waals surface area (Å²) in [6, 6.07) is 7.81. The normalized spacial score (nSPS) is 11.2. The standard InChI is InChI=1S/C14H12ClFN2O3S/c1-8-3-2-4-12(16)13(8)22(20,21)18-9-5-6-10(14(17)19)11(15)7-9/h2-7,18H,1H3,(H2,17,19).